The maximum Gasteiger partial charge on any atom is 0.276 e. The number of nitrogens with one attached hydrogen (secondary N) is 2. The van der Waals surface area contributed by atoms with E-state index in [1.165, 1.54) is 5.56 Å². The van der Waals surface area contributed by atoms with Crippen LogP contribution in [0, 0.1) is 0 Å². The Labute approximate surface area is 186 Å². The Morgan fingerprint density at radius 1 is 1.03 bits per heavy atom. The van der Waals surface area contributed by atoms with Gasteiger partial charge in [-0.15, -0.1) is 0 Å². The number of carbonyl (C=O) groups is 2. The van der Waals surface area contributed by atoms with Crippen LogP contribution in [0.3, 0.4) is 0 Å². The van der Waals surface area contributed by atoms with Crippen molar-refractivity contribution in [3.8, 4) is 11.5 Å². The Hall–Kier alpha value is -2.54. The number of unbranched alkanes of at least 4 members (excludes halogenated alkanes) is 1. The van der Waals surface area contributed by atoms with Crippen molar-refractivity contribution in [1.82, 2.24) is 10.9 Å². The van der Waals surface area contributed by atoms with Crippen LogP contribution >= 0.6 is 15.9 Å². The van der Waals surface area contributed by atoms with Crippen LogP contribution in [0.25, 0.3) is 0 Å². The quantitative estimate of drug-likeness (QED) is 0.374. The summed E-state index contributed by atoms with van der Waals surface area (Å²) in [4.78, 5) is 24.5. The molecule has 6 nitrogen and oxygen atoms in total. The Morgan fingerprint density at radius 3 is 2.43 bits per heavy atom. The Bertz CT molecular complexity index is 840. The van der Waals surface area contributed by atoms with Crippen LogP contribution in [0.4, 0.5) is 0 Å². The smallest absolute Gasteiger partial charge is 0.276 e. The van der Waals surface area contributed by atoms with Crippen molar-refractivity contribution >= 4 is 27.7 Å². The fourth-order valence-electron chi connectivity index (χ4n) is 2.64. The van der Waals surface area contributed by atoms with Crippen LogP contribution in [-0.4, -0.2) is 25.0 Å². The summed E-state index contributed by atoms with van der Waals surface area (Å²) in [6.45, 7) is 6.69. The molecule has 2 aromatic carbocycles. The third kappa shape index (κ3) is 7.37. The van der Waals surface area contributed by atoms with E-state index in [2.05, 4.69) is 47.6 Å². The van der Waals surface area contributed by atoms with E-state index in [4.69, 9.17) is 9.47 Å². The Kier molecular flexibility index (Phi) is 9.67. The van der Waals surface area contributed by atoms with Crippen LogP contribution in [0.15, 0.2) is 46.9 Å². The van der Waals surface area contributed by atoms with Crippen LogP contribution in [0.5, 0.6) is 11.5 Å². The predicted molar refractivity (Wildman–Crippen MR) is 121 cm³/mol. The highest BCUT2D eigenvalue weighted by atomic mass is 79.9. The number of ether oxygens (including phenoxy) is 2. The lowest BCUT2D eigenvalue weighted by Crippen LogP contribution is -2.44. The van der Waals surface area contributed by atoms with E-state index >= 15 is 0 Å². The summed E-state index contributed by atoms with van der Waals surface area (Å²) >= 11 is 3.35. The summed E-state index contributed by atoms with van der Waals surface area (Å²) in [5.41, 5.74) is 6.34. The molecule has 2 aromatic rings. The summed E-state index contributed by atoms with van der Waals surface area (Å²) in [7, 11) is 0. The molecule has 2 rings (SSSR count). The summed E-state index contributed by atoms with van der Waals surface area (Å²) in [5, 5.41) is 0. The number of amides is 2. The highest BCUT2D eigenvalue weighted by Gasteiger charge is 2.14. The van der Waals surface area contributed by atoms with Crippen molar-refractivity contribution in [3.05, 3.63) is 58.1 Å². The predicted octanol–water partition coefficient (Wildman–Crippen LogP) is 4.98. The molecule has 0 heterocycles. The molecular weight excluding hydrogens is 448 g/mol. The van der Waals surface area contributed by atoms with Crippen molar-refractivity contribution in [1.29, 1.82) is 0 Å². The zero-order valence-corrected chi connectivity index (χ0v) is 19.3. The molecule has 1 atom stereocenters. The topological polar surface area (TPSA) is 76.7 Å². The third-order valence-electron chi connectivity index (χ3n) is 4.69. The number of hydrogen-bond donors (Lipinski definition) is 2. The zero-order chi connectivity index (χ0) is 21.9. The minimum Gasteiger partial charge on any atom is -0.493 e. The van der Waals surface area contributed by atoms with Gasteiger partial charge in [-0.2, -0.15) is 0 Å². The molecule has 7 heteroatoms. The maximum absolute atomic E-state index is 12.5. The molecule has 0 bridgehead atoms. The molecule has 0 saturated heterocycles. The van der Waals surface area contributed by atoms with Crippen molar-refractivity contribution in [2.45, 2.75) is 46.0 Å². The van der Waals surface area contributed by atoms with E-state index in [1.54, 1.807) is 18.2 Å². The first kappa shape index (κ1) is 23.7. The van der Waals surface area contributed by atoms with Gasteiger partial charge in [-0.05, 0) is 54.7 Å². The van der Waals surface area contributed by atoms with Crippen molar-refractivity contribution < 1.29 is 19.1 Å². The lowest BCUT2D eigenvalue weighted by Gasteiger charge is -2.13. The molecule has 30 heavy (non-hydrogen) atoms. The van der Waals surface area contributed by atoms with E-state index in [-0.39, 0.29) is 6.61 Å². The first-order chi connectivity index (χ1) is 14.4. The van der Waals surface area contributed by atoms with Gasteiger partial charge in [0.1, 0.15) is 11.5 Å². The number of carbonyl (C=O) groups excluding carboxylic acids is 2. The minimum atomic E-state index is -0.464. The van der Waals surface area contributed by atoms with Gasteiger partial charge in [-0.3, -0.25) is 20.4 Å². The van der Waals surface area contributed by atoms with Gasteiger partial charge < -0.3 is 9.47 Å². The average Bonchev–Trinajstić information content (AvgIpc) is 2.76. The molecule has 0 aromatic heterocycles. The summed E-state index contributed by atoms with van der Waals surface area (Å²) in [6.07, 6.45) is 2.95. The fraction of sp³-hybridized carbons (Fsp3) is 0.391. The van der Waals surface area contributed by atoms with Crippen molar-refractivity contribution in [2.75, 3.05) is 13.2 Å². The molecule has 0 aliphatic heterocycles. The largest absolute Gasteiger partial charge is 0.493 e. The zero-order valence-electron chi connectivity index (χ0n) is 17.7. The molecule has 0 radical (unpaired) electrons. The lowest BCUT2D eigenvalue weighted by molar-refractivity contribution is -0.123. The second-order valence-electron chi connectivity index (χ2n) is 7.01. The molecule has 0 aliphatic carbocycles. The molecule has 0 aliphatic rings. The minimum absolute atomic E-state index is 0.207. The highest BCUT2D eigenvalue weighted by Crippen LogP contribution is 2.24. The van der Waals surface area contributed by atoms with Gasteiger partial charge in [-0.1, -0.05) is 55.3 Å². The van der Waals surface area contributed by atoms with Gasteiger partial charge in [0.25, 0.3) is 11.8 Å². The second kappa shape index (κ2) is 12.2. The average molecular weight is 477 g/mol. The fourth-order valence-corrected chi connectivity index (χ4v) is 3.00. The standard InChI is InChI=1S/C23H29BrN2O4/c1-4-6-13-29-21-12-9-18(24)14-20(21)23(28)26-25-22(27)15-30-19-10-7-17(8-11-19)16(3)5-2/h7-12,14,16H,4-6,13,15H2,1-3H3,(H,25,27)(H,26,28). The maximum atomic E-state index is 12.5. The molecule has 0 spiro atoms. The van der Waals surface area contributed by atoms with Crippen LogP contribution in [0.2, 0.25) is 0 Å². The molecule has 0 fully saturated rings. The van der Waals surface area contributed by atoms with Gasteiger partial charge in [0, 0.05) is 4.47 Å². The number of hydrogen-bond acceptors (Lipinski definition) is 4. The van der Waals surface area contributed by atoms with Crippen LogP contribution in [-0.2, 0) is 4.79 Å². The number of benzene rings is 2. The van der Waals surface area contributed by atoms with Crippen LogP contribution < -0.4 is 20.3 Å². The van der Waals surface area contributed by atoms with E-state index in [1.807, 2.05) is 24.3 Å². The normalized spacial score (nSPS) is 11.5. The molecule has 2 N–H and O–H groups in total. The van der Waals surface area contributed by atoms with Crippen LogP contribution in [0.1, 0.15) is 61.9 Å². The van der Waals surface area contributed by atoms with Gasteiger partial charge in [0.15, 0.2) is 6.61 Å². The van der Waals surface area contributed by atoms with Gasteiger partial charge in [-0.25, -0.2) is 0 Å². The second-order valence-corrected chi connectivity index (χ2v) is 7.93. The first-order valence-corrected chi connectivity index (χ1v) is 11.0. The van der Waals surface area contributed by atoms with E-state index in [0.717, 1.165) is 23.7 Å². The van der Waals surface area contributed by atoms with Crippen molar-refractivity contribution in [3.63, 3.8) is 0 Å². The summed E-state index contributed by atoms with van der Waals surface area (Å²) < 4.78 is 11.9. The molecule has 1 unspecified atom stereocenters. The van der Waals surface area contributed by atoms with Gasteiger partial charge >= 0.3 is 0 Å². The number of rotatable bonds is 10. The summed E-state index contributed by atoms with van der Waals surface area (Å²) in [5.74, 6) is 0.622. The van der Waals surface area contributed by atoms with Gasteiger partial charge in [0.2, 0.25) is 0 Å². The monoisotopic (exact) mass is 476 g/mol. The molecule has 2 amide bonds. The summed E-state index contributed by atoms with van der Waals surface area (Å²) in [6, 6.07) is 12.9. The van der Waals surface area contributed by atoms with E-state index < -0.39 is 11.8 Å². The molecule has 0 saturated carbocycles. The SMILES string of the molecule is CCCCOc1ccc(Br)cc1C(=O)NNC(=O)COc1ccc(C(C)CC)cc1. The first-order valence-electron chi connectivity index (χ1n) is 10.2. The Balaban J connectivity index is 1.85. The third-order valence-corrected chi connectivity index (χ3v) is 5.18. The molecular formula is C23H29BrN2O4. The van der Waals surface area contributed by atoms with E-state index in [0.29, 0.717) is 29.6 Å². The molecule has 162 valence electrons. The van der Waals surface area contributed by atoms with Gasteiger partial charge in [0.05, 0.1) is 12.2 Å². The van der Waals surface area contributed by atoms with E-state index in [9.17, 15) is 9.59 Å². The lowest BCUT2D eigenvalue weighted by atomic mass is 9.99. The number of hydrazine groups is 1. The number of halogens is 1. The Morgan fingerprint density at radius 2 is 1.77 bits per heavy atom. The van der Waals surface area contributed by atoms with Crippen molar-refractivity contribution in [2.24, 2.45) is 0 Å². The highest BCUT2D eigenvalue weighted by molar-refractivity contribution is 9.10.